The van der Waals surface area contributed by atoms with Crippen LogP contribution in [0, 0.1) is 13.8 Å². The number of fused-ring (bicyclic) bond motifs is 1. The van der Waals surface area contributed by atoms with Crippen LogP contribution in [-0.4, -0.2) is 12.4 Å². The molecule has 150 valence electrons. The van der Waals surface area contributed by atoms with Gasteiger partial charge >= 0.3 is 5.63 Å². The van der Waals surface area contributed by atoms with E-state index in [1.54, 1.807) is 12.1 Å². The Morgan fingerprint density at radius 1 is 0.933 bits per heavy atom. The van der Waals surface area contributed by atoms with Crippen LogP contribution in [0.15, 0.2) is 82.0 Å². The van der Waals surface area contributed by atoms with Crippen LogP contribution < -0.4 is 10.4 Å². The Morgan fingerprint density at radius 3 is 2.30 bits per heavy atom. The molecule has 3 aromatic carbocycles. The number of carbonyl (C=O) groups excluding carboxylic acids is 1. The molecule has 30 heavy (non-hydrogen) atoms. The molecule has 1 heterocycles. The first-order valence-corrected chi connectivity index (χ1v) is 9.85. The van der Waals surface area contributed by atoms with Gasteiger partial charge in [-0.15, -0.1) is 0 Å². The van der Waals surface area contributed by atoms with Crippen LogP contribution in [0.3, 0.4) is 0 Å². The Hall–Kier alpha value is -3.66. The third-order valence-corrected chi connectivity index (χ3v) is 5.17. The second-order valence-corrected chi connectivity index (χ2v) is 7.37. The molecule has 0 N–H and O–H groups in total. The lowest BCUT2D eigenvalue weighted by Gasteiger charge is -2.14. The van der Waals surface area contributed by atoms with E-state index >= 15 is 0 Å². The molecule has 0 amide bonds. The van der Waals surface area contributed by atoms with Gasteiger partial charge in [-0.2, -0.15) is 0 Å². The lowest BCUT2D eigenvalue weighted by atomic mass is 9.98. The first kappa shape index (κ1) is 19.6. The highest BCUT2D eigenvalue weighted by atomic mass is 16.5. The number of benzene rings is 3. The maximum atomic E-state index is 12.7. The minimum absolute atomic E-state index is 0.0881. The molecule has 4 nitrogen and oxygen atoms in total. The highest BCUT2D eigenvalue weighted by molar-refractivity contribution is 5.97. The number of hydrogen-bond acceptors (Lipinski definition) is 4. The lowest BCUT2D eigenvalue weighted by molar-refractivity contribution is 0.0922. The Morgan fingerprint density at radius 2 is 1.60 bits per heavy atom. The molecule has 4 rings (SSSR count). The summed E-state index contributed by atoms with van der Waals surface area (Å²) in [7, 11) is 0. The fraction of sp³-hybridized carbons (Fsp3) is 0.154. The number of ether oxygens (including phenoxy) is 1. The minimum Gasteiger partial charge on any atom is -0.485 e. The van der Waals surface area contributed by atoms with E-state index in [9.17, 15) is 9.59 Å². The summed E-state index contributed by atoms with van der Waals surface area (Å²) in [6.07, 6.45) is 0.473. The topological polar surface area (TPSA) is 56.5 Å². The molecule has 0 saturated carbocycles. The van der Waals surface area contributed by atoms with E-state index in [0.717, 1.165) is 22.1 Å². The van der Waals surface area contributed by atoms with Crippen LogP contribution in [0.5, 0.6) is 5.75 Å². The monoisotopic (exact) mass is 398 g/mol. The van der Waals surface area contributed by atoms with Crippen molar-refractivity contribution in [3.05, 3.63) is 111 Å². The highest BCUT2D eigenvalue weighted by Crippen LogP contribution is 2.31. The molecule has 0 aliphatic heterocycles. The molecular formula is C26H22O4. The van der Waals surface area contributed by atoms with E-state index in [4.69, 9.17) is 9.15 Å². The third-order valence-electron chi connectivity index (χ3n) is 5.17. The second-order valence-electron chi connectivity index (χ2n) is 7.37. The highest BCUT2D eigenvalue weighted by Gasteiger charge is 2.17. The summed E-state index contributed by atoms with van der Waals surface area (Å²) >= 11 is 0. The summed E-state index contributed by atoms with van der Waals surface area (Å²) < 4.78 is 11.6. The summed E-state index contributed by atoms with van der Waals surface area (Å²) in [4.78, 5) is 25.2. The first-order chi connectivity index (χ1) is 14.5. The molecule has 0 unspecified atom stereocenters. The standard InChI is InChI=1S/C26H22O4/c1-17-13-23(29-16-22(27)20-11-7-4-8-12-20)25-18(2)21(26(28)30-24(25)14-17)15-19-9-5-3-6-10-19/h3-14H,15-16H2,1-2H3. The molecule has 4 aromatic rings. The van der Waals surface area contributed by atoms with Gasteiger partial charge < -0.3 is 9.15 Å². The van der Waals surface area contributed by atoms with E-state index in [1.807, 2.05) is 74.5 Å². The van der Waals surface area contributed by atoms with E-state index in [-0.39, 0.29) is 18.0 Å². The van der Waals surface area contributed by atoms with E-state index in [2.05, 4.69) is 0 Å². The van der Waals surface area contributed by atoms with Crippen molar-refractivity contribution in [3.63, 3.8) is 0 Å². The number of ketones is 1. The zero-order chi connectivity index (χ0) is 21.1. The van der Waals surface area contributed by atoms with Gasteiger partial charge in [-0.3, -0.25) is 4.79 Å². The van der Waals surface area contributed by atoms with Crippen molar-refractivity contribution in [2.24, 2.45) is 0 Å². The van der Waals surface area contributed by atoms with Gasteiger partial charge in [-0.1, -0.05) is 60.7 Å². The van der Waals surface area contributed by atoms with Crippen LogP contribution in [0.1, 0.15) is 32.6 Å². The molecule has 0 bridgehead atoms. The summed E-state index contributed by atoms with van der Waals surface area (Å²) in [5.74, 6) is 0.439. The summed E-state index contributed by atoms with van der Waals surface area (Å²) in [5.41, 5.74) is 4.05. The SMILES string of the molecule is Cc1cc(OCC(=O)c2ccccc2)c2c(C)c(Cc3ccccc3)c(=O)oc2c1. The second kappa shape index (κ2) is 8.37. The summed E-state index contributed by atoms with van der Waals surface area (Å²) in [6, 6.07) is 22.5. The first-order valence-electron chi connectivity index (χ1n) is 9.85. The summed E-state index contributed by atoms with van der Waals surface area (Å²) in [5, 5.41) is 0.729. The molecule has 0 atom stereocenters. The molecule has 0 saturated heterocycles. The fourth-order valence-electron chi connectivity index (χ4n) is 3.61. The zero-order valence-corrected chi connectivity index (χ0v) is 17.0. The average Bonchev–Trinajstić information content (AvgIpc) is 2.75. The summed E-state index contributed by atoms with van der Waals surface area (Å²) in [6.45, 7) is 3.71. The zero-order valence-electron chi connectivity index (χ0n) is 17.0. The van der Waals surface area contributed by atoms with Gasteiger partial charge in [0.2, 0.25) is 0 Å². The van der Waals surface area contributed by atoms with Gasteiger partial charge in [0, 0.05) is 17.5 Å². The number of aryl methyl sites for hydroxylation is 2. The van der Waals surface area contributed by atoms with Crippen molar-refractivity contribution in [3.8, 4) is 5.75 Å². The van der Waals surface area contributed by atoms with Crippen LogP contribution in [0.4, 0.5) is 0 Å². The van der Waals surface area contributed by atoms with Gasteiger partial charge in [-0.25, -0.2) is 4.79 Å². The van der Waals surface area contributed by atoms with Gasteiger partial charge in [0.25, 0.3) is 0 Å². The fourth-order valence-corrected chi connectivity index (χ4v) is 3.61. The molecule has 0 fully saturated rings. The number of carbonyl (C=O) groups is 1. The molecule has 0 aliphatic carbocycles. The van der Waals surface area contributed by atoms with Crippen LogP contribution in [0.2, 0.25) is 0 Å². The Labute approximate surface area is 174 Å². The van der Waals surface area contributed by atoms with Crippen LogP contribution in [-0.2, 0) is 6.42 Å². The van der Waals surface area contributed by atoms with Crippen LogP contribution >= 0.6 is 0 Å². The van der Waals surface area contributed by atoms with Crippen molar-refractivity contribution >= 4 is 16.8 Å². The normalized spacial score (nSPS) is 10.9. The average molecular weight is 398 g/mol. The van der Waals surface area contributed by atoms with Crippen molar-refractivity contribution in [2.75, 3.05) is 6.61 Å². The molecule has 0 spiro atoms. The van der Waals surface area contributed by atoms with Gasteiger partial charge in [0.15, 0.2) is 12.4 Å². The Kier molecular flexibility index (Phi) is 5.48. The molecule has 4 heteroatoms. The lowest BCUT2D eigenvalue weighted by Crippen LogP contribution is -2.14. The number of Topliss-reactive ketones (excluding diaryl/α,β-unsaturated/α-hetero) is 1. The van der Waals surface area contributed by atoms with E-state index < -0.39 is 0 Å². The van der Waals surface area contributed by atoms with Crippen molar-refractivity contribution in [1.82, 2.24) is 0 Å². The Balaban J connectivity index is 1.73. The van der Waals surface area contributed by atoms with Gasteiger partial charge in [-0.05, 0) is 42.7 Å². The number of rotatable bonds is 6. The third kappa shape index (κ3) is 4.03. The van der Waals surface area contributed by atoms with Gasteiger partial charge in [0.1, 0.15) is 11.3 Å². The predicted molar refractivity (Wildman–Crippen MR) is 117 cm³/mol. The van der Waals surface area contributed by atoms with E-state index in [0.29, 0.717) is 28.9 Å². The Bertz CT molecular complexity index is 1260. The van der Waals surface area contributed by atoms with Crippen LogP contribution in [0.25, 0.3) is 11.0 Å². The predicted octanol–water partition coefficient (Wildman–Crippen LogP) is 5.26. The minimum atomic E-state index is -0.347. The maximum Gasteiger partial charge on any atom is 0.340 e. The number of hydrogen-bond donors (Lipinski definition) is 0. The molecule has 0 radical (unpaired) electrons. The largest absolute Gasteiger partial charge is 0.485 e. The molecule has 1 aromatic heterocycles. The van der Waals surface area contributed by atoms with Crippen molar-refractivity contribution in [1.29, 1.82) is 0 Å². The quantitative estimate of drug-likeness (QED) is 0.328. The van der Waals surface area contributed by atoms with Gasteiger partial charge in [0.05, 0.1) is 5.39 Å². The molecule has 0 aliphatic rings. The maximum absolute atomic E-state index is 12.7. The van der Waals surface area contributed by atoms with Crippen molar-refractivity contribution in [2.45, 2.75) is 20.3 Å². The molecular weight excluding hydrogens is 376 g/mol. The van der Waals surface area contributed by atoms with E-state index in [1.165, 1.54) is 0 Å². The smallest absolute Gasteiger partial charge is 0.340 e. The van der Waals surface area contributed by atoms with Crippen molar-refractivity contribution < 1.29 is 13.9 Å².